The third-order valence-electron chi connectivity index (χ3n) is 5.21. The van der Waals surface area contributed by atoms with Gasteiger partial charge in [0, 0.05) is 37.7 Å². The zero-order chi connectivity index (χ0) is 16.6. The molecule has 5 heteroatoms. The molecule has 128 valence electrons. The third-order valence-corrected chi connectivity index (χ3v) is 5.21. The van der Waals surface area contributed by atoms with Gasteiger partial charge >= 0.3 is 0 Å². The third kappa shape index (κ3) is 2.94. The fraction of sp³-hybridized carbons (Fsp3) is 0.400. The molecule has 3 aromatic heterocycles. The van der Waals surface area contributed by atoms with Gasteiger partial charge in [-0.15, -0.1) is 0 Å². The molecule has 0 N–H and O–H groups in total. The van der Waals surface area contributed by atoms with E-state index in [2.05, 4.69) is 38.6 Å². The zero-order valence-corrected chi connectivity index (χ0v) is 14.2. The largest absolute Gasteiger partial charge is 0.369 e. The lowest BCUT2D eigenvalue weighted by molar-refractivity contribution is -0.0341. The van der Waals surface area contributed by atoms with Crippen molar-refractivity contribution >= 4 is 5.52 Å². The molecule has 5 nitrogen and oxygen atoms in total. The summed E-state index contributed by atoms with van der Waals surface area (Å²) in [6.07, 6.45) is 8.36. The Labute approximate surface area is 147 Å². The summed E-state index contributed by atoms with van der Waals surface area (Å²) >= 11 is 0. The maximum absolute atomic E-state index is 6.08. The summed E-state index contributed by atoms with van der Waals surface area (Å²) in [7, 11) is 0. The number of pyridine rings is 2. The maximum Gasteiger partial charge on any atom is 0.114 e. The number of ether oxygens (including phenoxy) is 1. The van der Waals surface area contributed by atoms with Gasteiger partial charge in [-0.25, -0.2) is 4.98 Å². The van der Waals surface area contributed by atoms with Crippen LogP contribution in [0.3, 0.4) is 0 Å². The Bertz CT molecular complexity index is 872. The lowest BCUT2D eigenvalue weighted by atomic mass is 10.1. The van der Waals surface area contributed by atoms with Gasteiger partial charge in [0.25, 0.3) is 0 Å². The molecule has 5 rings (SSSR count). The van der Waals surface area contributed by atoms with Crippen LogP contribution in [0.1, 0.15) is 41.8 Å². The predicted octanol–water partition coefficient (Wildman–Crippen LogP) is 3.18. The van der Waals surface area contributed by atoms with Crippen molar-refractivity contribution < 1.29 is 4.74 Å². The molecule has 0 aromatic carbocycles. The number of imidazole rings is 1. The second-order valence-electron chi connectivity index (χ2n) is 7.07. The van der Waals surface area contributed by atoms with Crippen LogP contribution >= 0.6 is 0 Å². The Morgan fingerprint density at radius 2 is 2.12 bits per heavy atom. The van der Waals surface area contributed by atoms with E-state index in [1.807, 2.05) is 24.8 Å². The molecule has 0 unspecified atom stereocenters. The van der Waals surface area contributed by atoms with E-state index in [4.69, 9.17) is 9.72 Å². The van der Waals surface area contributed by atoms with Crippen molar-refractivity contribution in [3.8, 4) is 0 Å². The summed E-state index contributed by atoms with van der Waals surface area (Å²) in [4.78, 5) is 11.4. The van der Waals surface area contributed by atoms with Crippen LogP contribution in [0.4, 0.5) is 0 Å². The number of rotatable bonds is 4. The molecule has 1 saturated carbocycles. The quantitative estimate of drug-likeness (QED) is 0.735. The van der Waals surface area contributed by atoms with E-state index in [1.54, 1.807) is 0 Å². The normalized spacial score (nSPS) is 21.7. The van der Waals surface area contributed by atoms with Gasteiger partial charge in [-0.1, -0.05) is 12.1 Å². The van der Waals surface area contributed by atoms with Crippen LogP contribution in [-0.4, -0.2) is 39.0 Å². The fourth-order valence-electron chi connectivity index (χ4n) is 3.78. The smallest absolute Gasteiger partial charge is 0.114 e. The number of hydrogen-bond acceptors (Lipinski definition) is 4. The number of morpholine rings is 1. The van der Waals surface area contributed by atoms with Crippen molar-refractivity contribution in [2.24, 2.45) is 0 Å². The predicted molar refractivity (Wildman–Crippen MR) is 95.4 cm³/mol. The number of nitrogens with zero attached hydrogens (tertiary/aromatic N) is 4. The fourth-order valence-corrected chi connectivity index (χ4v) is 3.78. The highest BCUT2D eigenvalue weighted by molar-refractivity contribution is 5.54. The summed E-state index contributed by atoms with van der Waals surface area (Å²) in [6.45, 7) is 3.47. The summed E-state index contributed by atoms with van der Waals surface area (Å²) in [5.41, 5.74) is 4.89. The van der Waals surface area contributed by atoms with Crippen LogP contribution in [0.25, 0.3) is 5.52 Å². The van der Waals surface area contributed by atoms with E-state index >= 15 is 0 Å². The van der Waals surface area contributed by atoms with Crippen LogP contribution in [0.15, 0.2) is 49.1 Å². The number of hydrogen-bond donors (Lipinski definition) is 0. The Balaban J connectivity index is 1.39. The highest BCUT2D eigenvalue weighted by Gasteiger charge is 2.29. The maximum atomic E-state index is 6.08. The summed E-state index contributed by atoms with van der Waals surface area (Å²) < 4.78 is 8.34. The van der Waals surface area contributed by atoms with Gasteiger partial charge in [0.2, 0.25) is 0 Å². The van der Waals surface area contributed by atoms with Crippen molar-refractivity contribution in [2.45, 2.75) is 31.4 Å². The molecule has 2 aliphatic rings. The Morgan fingerprint density at radius 3 is 2.96 bits per heavy atom. The molecule has 0 bridgehead atoms. The van der Waals surface area contributed by atoms with Crippen LogP contribution < -0.4 is 0 Å². The van der Waals surface area contributed by atoms with Crippen molar-refractivity contribution in [3.05, 3.63) is 66.0 Å². The van der Waals surface area contributed by atoms with Gasteiger partial charge in [0.15, 0.2) is 0 Å². The highest BCUT2D eigenvalue weighted by Crippen LogP contribution is 2.40. The number of aromatic nitrogens is 3. The topological polar surface area (TPSA) is 42.7 Å². The molecule has 0 radical (unpaired) electrons. The Kier molecular flexibility index (Phi) is 3.76. The van der Waals surface area contributed by atoms with Crippen LogP contribution in [0.5, 0.6) is 0 Å². The van der Waals surface area contributed by atoms with Crippen molar-refractivity contribution in [3.63, 3.8) is 0 Å². The first-order chi connectivity index (χ1) is 12.4. The van der Waals surface area contributed by atoms with E-state index in [0.717, 1.165) is 31.9 Å². The molecule has 4 heterocycles. The molecule has 0 amide bonds. The highest BCUT2D eigenvalue weighted by atomic mass is 16.5. The zero-order valence-electron chi connectivity index (χ0n) is 14.2. The van der Waals surface area contributed by atoms with Gasteiger partial charge in [0.05, 0.1) is 24.1 Å². The van der Waals surface area contributed by atoms with E-state index in [0.29, 0.717) is 5.92 Å². The van der Waals surface area contributed by atoms with Gasteiger partial charge in [-0.2, -0.15) is 0 Å². The molecule has 1 saturated heterocycles. The minimum Gasteiger partial charge on any atom is -0.369 e. The van der Waals surface area contributed by atoms with Crippen LogP contribution in [0, 0.1) is 0 Å². The summed E-state index contributed by atoms with van der Waals surface area (Å²) in [5, 5.41) is 0. The average molecular weight is 334 g/mol. The van der Waals surface area contributed by atoms with Gasteiger partial charge < -0.3 is 9.14 Å². The Morgan fingerprint density at radius 1 is 1.16 bits per heavy atom. The molecule has 1 atom stereocenters. The molecule has 0 spiro atoms. The second-order valence-corrected chi connectivity index (χ2v) is 7.07. The summed E-state index contributed by atoms with van der Waals surface area (Å²) in [6, 6.07) is 10.7. The van der Waals surface area contributed by atoms with E-state index in [1.165, 1.54) is 29.6 Å². The first kappa shape index (κ1) is 15.0. The Hall–Kier alpha value is -2.24. The summed E-state index contributed by atoms with van der Waals surface area (Å²) in [5.74, 6) is 0.708. The number of fused-ring (bicyclic) bond motifs is 1. The van der Waals surface area contributed by atoms with Crippen molar-refractivity contribution in [2.75, 3.05) is 19.7 Å². The first-order valence-electron chi connectivity index (χ1n) is 9.07. The molecule has 25 heavy (non-hydrogen) atoms. The molecular formula is C20H22N4O. The SMILES string of the molecule is c1cncc(CN2CCO[C@@H](c3ncn4c(C5CC5)cccc34)C2)c1. The van der Waals surface area contributed by atoms with Gasteiger partial charge in [-0.05, 0) is 42.5 Å². The molecule has 2 fully saturated rings. The molecular weight excluding hydrogens is 312 g/mol. The van der Waals surface area contributed by atoms with Crippen LogP contribution in [0.2, 0.25) is 0 Å². The van der Waals surface area contributed by atoms with Gasteiger partial charge in [-0.3, -0.25) is 9.88 Å². The van der Waals surface area contributed by atoms with Crippen LogP contribution in [-0.2, 0) is 11.3 Å². The van der Waals surface area contributed by atoms with Gasteiger partial charge in [0.1, 0.15) is 6.10 Å². The van der Waals surface area contributed by atoms with Crippen molar-refractivity contribution in [1.82, 2.24) is 19.3 Å². The van der Waals surface area contributed by atoms with E-state index in [9.17, 15) is 0 Å². The minimum absolute atomic E-state index is 0.0323. The average Bonchev–Trinajstić information content (AvgIpc) is 3.41. The standard InChI is InChI=1S/C20H22N4O/c1-4-17(16-6-7-16)24-14-22-20(18(24)5-1)19-13-23(9-10-25-19)12-15-3-2-8-21-11-15/h1-5,8,11,14,16,19H,6-7,9-10,12-13H2/t19-/m1/s1. The monoisotopic (exact) mass is 334 g/mol. The molecule has 1 aliphatic carbocycles. The molecule has 1 aliphatic heterocycles. The van der Waals surface area contributed by atoms with E-state index in [-0.39, 0.29) is 6.10 Å². The minimum atomic E-state index is 0.0323. The second kappa shape index (κ2) is 6.24. The van der Waals surface area contributed by atoms with Crippen molar-refractivity contribution in [1.29, 1.82) is 0 Å². The molecule has 3 aromatic rings. The lowest BCUT2D eigenvalue weighted by Crippen LogP contribution is -2.38. The van der Waals surface area contributed by atoms with E-state index < -0.39 is 0 Å². The lowest BCUT2D eigenvalue weighted by Gasteiger charge is -2.32. The first-order valence-corrected chi connectivity index (χ1v) is 9.07.